The summed E-state index contributed by atoms with van der Waals surface area (Å²) >= 11 is 0. The van der Waals surface area contributed by atoms with Gasteiger partial charge in [-0.2, -0.15) is 0 Å². The Kier molecular flexibility index (Phi) is 7.80. The summed E-state index contributed by atoms with van der Waals surface area (Å²) in [7, 11) is 0. The fraction of sp³-hybridized carbons (Fsp3) is 0.636. The maximum Gasteiger partial charge on any atom is 0.313 e. The number of ketones is 1. The van der Waals surface area contributed by atoms with Gasteiger partial charge >= 0.3 is 5.97 Å². The minimum Gasteiger partial charge on any atom is -0.465 e. The summed E-state index contributed by atoms with van der Waals surface area (Å²) < 4.78 is 4.87. The highest BCUT2D eigenvalue weighted by atomic mass is 16.5. The summed E-state index contributed by atoms with van der Waals surface area (Å²) in [5.74, 6) is -0.628. The number of allylic oxidation sites excluding steroid dienone is 2. The summed E-state index contributed by atoms with van der Waals surface area (Å²) in [5, 5.41) is 0. The Balaban J connectivity index is 3.50. The second-order valence-corrected chi connectivity index (χ2v) is 3.07. The fourth-order valence-electron chi connectivity index (χ4n) is 0.976. The summed E-state index contributed by atoms with van der Waals surface area (Å²) in [6.45, 7) is 4.25. The Bertz CT molecular complexity index is 207. The van der Waals surface area contributed by atoms with Crippen molar-refractivity contribution < 1.29 is 14.3 Å². The largest absolute Gasteiger partial charge is 0.465 e. The van der Waals surface area contributed by atoms with Crippen molar-refractivity contribution in [1.82, 2.24) is 0 Å². The Labute approximate surface area is 85.1 Å². The molecule has 0 heterocycles. The van der Waals surface area contributed by atoms with Crippen molar-refractivity contribution in [3.05, 3.63) is 12.2 Å². The van der Waals surface area contributed by atoms with Crippen LogP contribution in [0, 0.1) is 0 Å². The summed E-state index contributed by atoms with van der Waals surface area (Å²) in [5.41, 5.74) is 0. The van der Waals surface area contributed by atoms with Gasteiger partial charge in [-0.15, -0.1) is 0 Å². The molecule has 0 aromatic heterocycles. The topological polar surface area (TPSA) is 43.4 Å². The molecule has 0 unspecified atom stereocenters. The first-order chi connectivity index (χ1) is 6.70. The Hall–Kier alpha value is -1.12. The molecule has 0 aliphatic carbocycles. The molecule has 0 bridgehead atoms. The summed E-state index contributed by atoms with van der Waals surface area (Å²) in [4.78, 5) is 22.0. The van der Waals surface area contributed by atoms with Crippen molar-refractivity contribution >= 4 is 11.8 Å². The van der Waals surface area contributed by atoms with Crippen LogP contribution in [0.4, 0.5) is 0 Å². The van der Waals surface area contributed by atoms with Crippen molar-refractivity contribution in [3.8, 4) is 0 Å². The molecule has 3 heteroatoms. The SMILES string of the molecule is C/C=C/C(=O)CC(=O)OCCCCC. The van der Waals surface area contributed by atoms with E-state index in [9.17, 15) is 9.59 Å². The zero-order chi connectivity index (χ0) is 10.8. The number of hydrogen-bond donors (Lipinski definition) is 0. The van der Waals surface area contributed by atoms with Gasteiger partial charge < -0.3 is 4.74 Å². The molecule has 0 atom stereocenters. The number of unbranched alkanes of at least 4 members (excludes halogenated alkanes) is 2. The zero-order valence-corrected chi connectivity index (χ0v) is 8.91. The van der Waals surface area contributed by atoms with Crippen LogP contribution in [0.2, 0.25) is 0 Å². The van der Waals surface area contributed by atoms with E-state index >= 15 is 0 Å². The summed E-state index contributed by atoms with van der Waals surface area (Å²) in [6, 6.07) is 0. The molecule has 14 heavy (non-hydrogen) atoms. The van der Waals surface area contributed by atoms with E-state index in [0.29, 0.717) is 6.61 Å². The molecule has 0 radical (unpaired) electrons. The number of hydrogen-bond acceptors (Lipinski definition) is 3. The van der Waals surface area contributed by atoms with Crippen LogP contribution in [-0.4, -0.2) is 18.4 Å². The van der Waals surface area contributed by atoms with Gasteiger partial charge in [-0.1, -0.05) is 25.8 Å². The third-order valence-electron chi connectivity index (χ3n) is 1.68. The normalized spacial score (nSPS) is 10.4. The predicted octanol–water partition coefficient (Wildman–Crippen LogP) is 2.26. The molecule has 0 spiro atoms. The van der Waals surface area contributed by atoms with Gasteiger partial charge in [0.05, 0.1) is 6.61 Å². The maximum atomic E-state index is 11.0. The number of rotatable bonds is 7. The van der Waals surface area contributed by atoms with Gasteiger partial charge in [0.1, 0.15) is 6.42 Å². The minimum absolute atomic E-state index is 0.142. The van der Waals surface area contributed by atoms with Gasteiger partial charge in [0.15, 0.2) is 5.78 Å². The Morgan fingerprint density at radius 2 is 2.00 bits per heavy atom. The van der Waals surface area contributed by atoms with E-state index in [4.69, 9.17) is 4.74 Å². The molecule has 0 amide bonds. The molecule has 0 aromatic rings. The van der Waals surface area contributed by atoms with E-state index in [1.54, 1.807) is 13.0 Å². The molecule has 0 aliphatic rings. The van der Waals surface area contributed by atoms with Gasteiger partial charge in [0, 0.05) is 0 Å². The third kappa shape index (κ3) is 7.53. The molecule has 0 rings (SSSR count). The van der Waals surface area contributed by atoms with Crippen molar-refractivity contribution in [2.45, 2.75) is 39.5 Å². The first-order valence-corrected chi connectivity index (χ1v) is 5.01. The molecular weight excluding hydrogens is 180 g/mol. The van der Waals surface area contributed by atoms with Crippen LogP contribution >= 0.6 is 0 Å². The lowest BCUT2D eigenvalue weighted by Gasteiger charge is -2.01. The molecule has 80 valence electrons. The average molecular weight is 198 g/mol. The molecular formula is C11H18O3. The van der Waals surface area contributed by atoms with Crippen molar-refractivity contribution in [2.24, 2.45) is 0 Å². The first kappa shape index (κ1) is 12.9. The van der Waals surface area contributed by atoms with Crippen LogP contribution in [0.1, 0.15) is 39.5 Å². The predicted molar refractivity (Wildman–Crippen MR) is 54.9 cm³/mol. The van der Waals surface area contributed by atoms with Crippen molar-refractivity contribution in [2.75, 3.05) is 6.61 Å². The molecule has 0 saturated carbocycles. The van der Waals surface area contributed by atoms with E-state index in [2.05, 4.69) is 6.92 Å². The van der Waals surface area contributed by atoms with E-state index in [-0.39, 0.29) is 12.2 Å². The molecule has 0 saturated heterocycles. The van der Waals surface area contributed by atoms with Crippen LogP contribution in [0.15, 0.2) is 12.2 Å². The van der Waals surface area contributed by atoms with E-state index in [1.807, 2.05) is 0 Å². The van der Waals surface area contributed by atoms with Crippen molar-refractivity contribution in [1.29, 1.82) is 0 Å². The van der Waals surface area contributed by atoms with Gasteiger partial charge in [-0.25, -0.2) is 0 Å². The Morgan fingerprint density at radius 1 is 1.29 bits per heavy atom. The lowest BCUT2D eigenvalue weighted by molar-refractivity contribution is -0.145. The molecule has 0 aliphatic heterocycles. The number of carbonyl (C=O) groups excluding carboxylic acids is 2. The number of ether oxygens (including phenoxy) is 1. The Morgan fingerprint density at radius 3 is 2.57 bits per heavy atom. The van der Waals surface area contributed by atoms with Crippen molar-refractivity contribution in [3.63, 3.8) is 0 Å². The fourth-order valence-corrected chi connectivity index (χ4v) is 0.976. The molecule has 3 nitrogen and oxygen atoms in total. The quantitative estimate of drug-likeness (QED) is 0.273. The van der Waals surface area contributed by atoms with Gasteiger partial charge in [0.2, 0.25) is 0 Å². The highest BCUT2D eigenvalue weighted by molar-refractivity contribution is 6.01. The van der Waals surface area contributed by atoms with Gasteiger partial charge in [0.25, 0.3) is 0 Å². The molecule has 0 aromatic carbocycles. The zero-order valence-electron chi connectivity index (χ0n) is 8.91. The van der Waals surface area contributed by atoms with E-state index < -0.39 is 5.97 Å². The second-order valence-electron chi connectivity index (χ2n) is 3.07. The van der Waals surface area contributed by atoms with E-state index in [0.717, 1.165) is 19.3 Å². The van der Waals surface area contributed by atoms with Crippen LogP contribution in [-0.2, 0) is 14.3 Å². The van der Waals surface area contributed by atoms with Gasteiger partial charge in [-0.05, 0) is 19.4 Å². The number of carbonyl (C=O) groups is 2. The maximum absolute atomic E-state index is 11.0. The molecule has 0 N–H and O–H groups in total. The third-order valence-corrected chi connectivity index (χ3v) is 1.68. The van der Waals surface area contributed by atoms with Crippen LogP contribution in [0.25, 0.3) is 0 Å². The smallest absolute Gasteiger partial charge is 0.313 e. The first-order valence-electron chi connectivity index (χ1n) is 5.01. The van der Waals surface area contributed by atoms with E-state index in [1.165, 1.54) is 6.08 Å². The second kappa shape index (κ2) is 8.48. The highest BCUT2D eigenvalue weighted by Crippen LogP contribution is 1.96. The van der Waals surface area contributed by atoms with Crippen LogP contribution in [0.3, 0.4) is 0 Å². The molecule has 0 fully saturated rings. The highest BCUT2D eigenvalue weighted by Gasteiger charge is 2.06. The summed E-state index contributed by atoms with van der Waals surface area (Å²) in [6.07, 6.45) is 5.88. The average Bonchev–Trinajstić information content (AvgIpc) is 2.13. The lowest BCUT2D eigenvalue weighted by Crippen LogP contribution is -2.10. The van der Waals surface area contributed by atoms with Crippen LogP contribution in [0.5, 0.6) is 0 Å². The lowest BCUT2D eigenvalue weighted by atomic mass is 10.2. The minimum atomic E-state index is -0.427. The monoisotopic (exact) mass is 198 g/mol. The number of esters is 1. The van der Waals surface area contributed by atoms with Crippen LogP contribution < -0.4 is 0 Å². The standard InChI is InChI=1S/C11H18O3/c1-3-5-6-8-14-11(13)9-10(12)7-4-2/h4,7H,3,5-6,8-9H2,1-2H3/b7-4+. The van der Waals surface area contributed by atoms with Gasteiger partial charge in [-0.3, -0.25) is 9.59 Å².